The number of ketones is 1. The predicted octanol–water partition coefficient (Wildman–Crippen LogP) is 3.33. The molecule has 3 nitrogen and oxygen atoms in total. The van der Waals surface area contributed by atoms with E-state index < -0.39 is 0 Å². The average molecular weight is 288 g/mol. The average Bonchev–Trinajstić information content (AvgIpc) is 2.77. The van der Waals surface area contributed by atoms with E-state index >= 15 is 0 Å². The van der Waals surface area contributed by atoms with Crippen LogP contribution in [-0.4, -0.2) is 17.9 Å². The third kappa shape index (κ3) is 2.45. The number of ether oxygens (including phenoxy) is 1. The quantitative estimate of drug-likeness (QED) is 0.795. The molecule has 0 N–H and O–H groups in total. The summed E-state index contributed by atoms with van der Waals surface area (Å²) in [5.74, 6) is 0.870. The van der Waals surface area contributed by atoms with Crippen LogP contribution in [0.25, 0.3) is 6.08 Å². The number of Topliss-reactive ketones (excluding diaryl/α,β-unsaturated/α-hetero) is 1. The van der Waals surface area contributed by atoms with E-state index in [0.717, 1.165) is 28.0 Å². The van der Waals surface area contributed by atoms with E-state index in [4.69, 9.17) is 4.74 Å². The molecule has 0 bridgehead atoms. The maximum Gasteiger partial charge on any atom is 0.189 e. The zero-order valence-electron chi connectivity index (χ0n) is 11.0. The highest BCUT2D eigenvalue weighted by atomic mass is 35.5. The van der Waals surface area contributed by atoms with Crippen molar-refractivity contribution in [3.63, 3.8) is 0 Å². The topological polar surface area (TPSA) is 39.2 Å². The van der Waals surface area contributed by atoms with Crippen molar-refractivity contribution in [1.29, 1.82) is 0 Å². The Hall–Kier alpha value is -2.13. The molecular weight excluding hydrogens is 274 g/mol. The van der Waals surface area contributed by atoms with Crippen molar-refractivity contribution in [2.75, 3.05) is 7.11 Å². The van der Waals surface area contributed by atoms with Gasteiger partial charge in [0.1, 0.15) is 5.75 Å². The lowest BCUT2D eigenvalue weighted by Gasteiger charge is -2.04. The molecule has 0 radical (unpaired) electrons. The molecule has 0 spiro atoms. The van der Waals surface area contributed by atoms with Gasteiger partial charge in [0.05, 0.1) is 7.11 Å². The number of hydrogen-bond donors (Lipinski definition) is 0. The second-order valence-corrected chi connectivity index (χ2v) is 4.44. The zero-order valence-corrected chi connectivity index (χ0v) is 11.8. The minimum atomic E-state index is 0. The van der Waals surface area contributed by atoms with Crippen molar-refractivity contribution in [2.45, 2.75) is 6.42 Å². The standard InChI is InChI=1S/C16H13NO2.ClH/c1-19-15-4-2-3-13-14(15)10-12(16(13)18)9-11-5-7-17-8-6-11;/h2-9H,10H2,1H3;1H/b12-9+;. The Bertz CT molecular complexity index is 665. The number of allylic oxidation sites excluding steroid dienone is 1. The van der Waals surface area contributed by atoms with Crippen LogP contribution in [-0.2, 0) is 6.42 Å². The summed E-state index contributed by atoms with van der Waals surface area (Å²) in [6.07, 6.45) is 5.99. The first-order chi connectivity index (χ1) is 9.29. The van der Waals surface area contributed by atoms with Gasteiger partial charge >= 0.3 is 0 Å². The number of hydrogen-bond acceptors (Lipinski definition) is 3. The Morgan fingerprint density at radius 2 is 1.95 bits per heavy atom. The van der Waals surface area contributed by atoms with E-state index in [-0.39, 0.29) is 18.2 Å². The molecule has 1 aliphatic carbocycles. The molecule has 0 unspecified atom stereocenters. The van der Waals surface area contributed by atoms with Crippen molar-refractivity contribution < 1.29 is 9.53 Å². The number of carbonyl (C=O) groups excluding carboxylic acids is 1. The van der Waals surface area contributed by atoms with Crippen LogP contribution in [0.15, 0.2) is 48.3 Å². The largest absolute Gasteiger partial charge is 0.496 e. The lowest BCUT2D eigenvalue weighted by molar-refractivity contribution is 0.104. The Kier molecular flexibility index (Phi) is 4.20. The number of pyridine rings is 1. The first kappa shape index (κ1) is 14.3. The SMILES string of the molecule is COc1cccc2c1C/C(=C\c1ccncc1)C2=O.Cl. The van der Waals surface area contributed by atoms with Crippen LogP contribution in [0.4, 0.5) is 0 Å². The Morgan fingerprint density at radius 1 is 1.20 bits per heavy atom. The third-order valence-electron chi connectivity index (χ3n) is 3.30. The van der Waals surface area contributed by atoms with Crippen molar-refractivity contribution >= 4 is 24.3 Å². The van der Waals surface area contributed by atoms with E-state index in [1.807, 2.05) is 36.4 Å². The predicted molar refractivity (Wildman–Crippen MR) is 80.5 cm³/mol. The number of fused-ring (bicyclic) bond motifs is 1. The first-order valence-electron chi connectivity index (χ1n) is 6.11. The van der Waals surface area contributed by atoms with Crippen LogP contribution >= 0.6 is 12.4 Å². The summed E-state index contributed by atoms with van der Waals surface area (Å²) in [4.78, 5) is 16.3. The number of nitrogens with zero attached hydrogens (tertiary/aromatic N) is 1. The fourth-order valence-electron chi connectivity index (χ4n) is 2.37. The zero-order chi connectivity index (χ0) is 13.2. The van der Waals surface area contributed by atoms with Gasteiger partial charge in [0, 0.05) is 35.5 Å². The van der Waals surface area contributed by atoms with Gasteiger partial charge in [0.2, 0.25) is 0 Å². The summed E-state index contributed by atoms with van der Waals surface area (Å²) in [5.41, 5.74) is 3.52. The molecule has 0 atom stereocenters. The van der Waals surface area contributed by atoms with E-state index in [0.29, 0.717) is 6.42 Å². The molecule has 1 aromatic heterocycles. The molecule has 3 rings (SSSR count). The lowest BCUT2D eigenvalue weighted by atomic mass is 10.1. The number of carbonyl (C=O) groups is 1. The molecule has 1 heterocycles. The number of halogens is 1. The van der Waals surface area contributed by atoms with Gasteiger partial charge in [-0.25, -0.2) is 0 Å². The Balaban J connectivity index is 0.00000147. The fraction of sp³-hybridized carbons (Fsp3) is 0.125. The molecule has 0 amide bonds. The number of aromatic nitrogens is 1. The molecule has 0 saturated heterocycles. The smallest absolute Gasteiger partial charge is 0.189 e. The van der Waals surface area contributed by atoms with Gasteiger partial charge in [0.25, 0.3) is 0 Å². The molecule has 0 saturated carbocycles. The molecule has 2 aromatic rings. The minimum Gasteiger partial charge on any atom is -0.496 e. The molecular formula is C16H14ClNO2. The highest BCUT2D eigenvalue weighted by molar-refractivity contribution is 6.16. The molecule has 1 aromatic carbocycles. The monoisotopic (exact) mass is 287 g/mol. The summed E-state index contributed by atoms with van der Waals surface area (Å²) in [6.45, 7) is 0. The van der Waals surface area contributed by atoms with Crippen molar-refractivity contribution in [2.24, 2.45) is 0 Å². The Morgan fingerprint density at radius 3 is 2.65 bits per heavy atom. The van der Waals surface area contributed by atoms with Crippen LogP contribution in [0.2, 0.25) is 0 Å². The van der Waals surface area contributed by atoms with Gasteiger partial charge in [0.15, 0.2) is 5.78 Å². The van der Waals surface area contributed by atoms with Gasteiger partial charge in [-0.3, -0.25) is 9.78 Å². The maximum absolute atomic E-state index is 12.3. The molecule has 0 aliphatic heterocycles. The molecule has 102 valence electrons. The van der Waals surface area contributed by atoms with Gasteiger partial charge in [-0.15, -0.1) is 12.4 Å². The van der Waals surface area contributed by atoms with E-state index in [1.165, 1.54) is 0 Å². The van der Waals surface area contributed by atoms with Gasteiger partial charge < -0.3 is 4.74 Å². The van der Waals surface area contributed by atoms with Gasteiger partial charge in [-0.2, -0.15) is 0 Å². The van der Waals surface area contributed by atoms with Crippen LogP contribution in [0.5, 0.6) is 5.75 Å². The normalized spacial score (nSPS) is 14.8. The highest BCUT2D eigenvalue weighted by Gasteiger charge is 2.27. The number of benzene rings is 1. The van der Waals surface area contributed by atoms with Crippen LogP contribution in [0.3, 0.4) is 0 Å². The van der Waals surface area contributed by atoms with Gasteiger partial charge in [-0.1, -0.05) is 12.1 Å². The van der Waals surface area contributed by atoms with E-state index in [1.54, 1.807) is 19.5 Å². The summed E-state index contributed by atoms with van der Waals surface area (Å²) in [5, 5.41) is 0. The van der Waals surface area contributed by atoms with Crippen LogP contribution in [0.1, 0.15) is 21.5 Å². The second-order valence-electron chi connectivity index (χ2n) is 4.44. The van der Waals surface area contributed by atoms with Gasteiger partial charge in [-0.05, 0) is 29.8 Å². The molecule has 4 heteroatoms. The summed E-state index contributed by atoms with van der Waals surface area (Å²) >= 11 is 0. The third-order valence-corrected chi connectivity index (χ3v) is 3.30. The summed E-state index contributed by atoms with van der Waals surface area (Å²) in [7, 11) is 1.63. The highest BCUT2D eigenvalue weighted by Crippen LogP contribution is 2.33. The number of rotatable bonds is 2. The van der Waals surface area contributed by atoms with E-state index in [9.17, 15) is 4.79 Å². The van der Waals surface area contributed by atoms with Crippen LogP contribution in [0, 0.1) is 0 Å². The second kappa shape index (κ2) is 5.88. The molecule has 20 heavy (non-hydrogen) atoms. The molecule has 1 aliphatic rings. The maximum atomic E-state index is 12.3. The number of methoxy groups -OCH3 is 1. The van der Waals surface area contributed by atoms with Crippen LogP contribution < -0.4 is 4.74 Å². The minimum absolute atomic E-state index is 0. The van der Waals surface area contributed by atoms with Crippen molar-refractivity contribution in [3.05, 3.63) is 65.0 Å². The fourth-order valence-corrected chi connectivity index (χ4v) is 2.37. The lowest BCUT2D eigenvalue weighted by Crippen LogP contribution is -1.95. The summed E-state index contributed by atoms with van der Waals surface area (Å²) < 4.78 is 5.31. The first-order valence-corrected chi connectivity index (χ1v) is 6.11. The molecule has 0 fully saturated rings. The summed E-state index contributed by atoms with van der Waals surface area (Å²) in [6, 6.07) is 9.38. The van der Waals surface area contributed by atoms with Crippen molar-refractivity contribution in [1.82, 2.24) is 4.98 Å². The van der Waals surface area contributed by atoms with Crippen molar-refractivity contribution in [3.8, 4) is 5.75 Å². The Labute approximate surface area is 123 Å². The van der Waals surface area contributed by atoms with E-state index in [2.05, 4.69) is 4.98 Å².